The molecule has 0 saturated carbocycles. The van der Waals surface area contributed by atoms with Crippen LogP contribution in [0.15, 0.2) is 18.2 Å². The number of halogens is 4. The van der Waals surface area contributed by atoms with E-state index in [1.54, 1.807) is 13.8 Å². The molecule has 1 fully saturated rings. The molecule has 1 saturated heterocycles. The highest BCUT2D eigenvalue weighted by atomic mass is 19.4. The van der Waals surface area contributed by atoms with Gasteiger partial charge in [-0.05, 0) is 24.1 Å². The van der Waals surface area contributed by atoms with Gasteiger partial charge in [0.05, 0.1) is 24.2 Å². The van der Waals surface area contributed by atoms with E-state index in [0.29, 0.717) is 18.2 Å². The molecule has 3 nitrogen and oxygen atoms in total. The van der Waals surface area contributed by atoms with Gasteiger partial charge in [-0.1, -0.05) is 13.8 Å². The summed E-state index contributed by atoms with van der Waals surface area (Å²) in [6.07, 6.45) is -4.64. The molecule has 1 aromatic rings. The zero-order valence-electron chi connectivity index (χ0n) is 11.5. The van der Waals surface area contributed by atoms with E-state index in [1.807, 2.05) is 0 Å². The number of benzene rings is 1. The molecule has 0 bridgehead atoms. The second kappa shape index (κ2) is 4.98. The first-order chi connectivity index (χ1) is 9.54. The van der Waals surface area contributed by atoms with Crippen LogP contribution in [0.3, 0.4) is 0 Å². The third-order valence-electron chi connectivity index (χ3n) is 3.82. The lowest BCUT2D eigenvalue weighted by Gasteiger charge is -2.49. The first-order valence-electron chi connectivity index (χ1n) is 6.43. The normalized spacial score (nSPS) is 17.8. The molecule has 0 atom stereocenters. The lowest BCUT2D eigenvalue weighted by Crippen LogP contribution is -2.66. The number of carbonyl (C=O) groups is 1. The molecule has 7 heteroatoms. The zero-order valence-corrected chi connectivity index (χ0v) is 11.5. The van der Waals surface area contributed by atoms with E-state index in [0.717, 1.165) is 4.90 Å². The molecule has 2 rings (SSSR count). The summed E-state index contributed by atoms with van der Waals surface area (Å²) in [6.45, 7) is 3.51. The average molecular weight is 305 g/mol. The molecular weight excluding hydrogens is 290 g/mol. The minimum Gasteiger partial charge on any atom is -0.386 e. The summed E-state index contributed by atoms with van der Waals surface area (Å²) in [5.74, 6) is -1.95. The first-order valence-corrected chi connectivity index (χ1v) is 6.43. The van der Waals surface area contributed by atoms with Gasteiger partial charge in [-0.25, -0.2) is 4.39 Å². The number of hydrogen-bond donors (Lipinski definition) is 1. The van der Waals surface area contributed by atoms with Crippen LogP contribution in [0.25, 0.3) is 0 Å². The Morgan fingerprint density at radius 1 is 1.33 bits per heavy atom. The van der Waals surface area contributed by atoms with Crippen LogP contribution in [-0.2, 0) is 6.18 Å². The molecule has 0 unspecified atom stereocenters. The van der Waals surface area contributed by atoms with Crippen molar-refractivity contribution in [3.05, 3.63) is 35.1 Å². The molecule has 1 amide bonds. The number of alkyl halides is 3. The predicted octanol–water partition coefficient (Wildman–Crippen LogP) is 2.69. The summed E-state index contributed by atoms with van der Waals surface area (Å²) in [7, 11) is 0. The third-order valence-corrected chi connectivity index (χ3v) is 3.82. The molecule has 21 heavy (non-hydrogen) atoms. The van der Waals surface area contributed by atoms with Crippen LogP contribution in [0.4, 0.5) is 17.6 Å². The van der Waals surface area contributed by atoms with E-state index >= 15 is 0 Å². The number of amides is 1. The minimum atomic E-state index is -4.64. The standard InChI is InChI=1S/C14H15F4NO2/c1-8(2)13(21)6-19(7-13)12(20)10-5-9(14(16,17)18)3-4-11(10)15/h3-5,8,21H,6-7H2,1-2H3. The van der Waals surface area contributed by atoms with Gasteiger partial charge in [0.2, 0.25) is 0 Å². The summed E-state index contributed by atoms with van der Waals surface area (Å²) in [4.78, 5) is 13.2. The molecule has 1 aliphatic rings. The van der Waals surface area contributed by atoms with E-state index in [2.05, 4.69) is 0 Å². The number of likely N-dealkylation sites (tertiary alicyclic amines) is 1. The van der Waals surface area contributed by atoms with Gasteiger partial charge in [0.1, 0.15) is 11.4 Å². The largest absolute Gasteiger partial charge is 0.416 e. The number of nitrogens with zero attached hydrogens (tertiary/aromatic N) is 1. The number of rotatable bonds is 2. The third kappa shape index (κ3) is 2.88. The van der Waals surface area contributed by atoms with Gasteiger partial charge in [0, 0.05) is 0 Å². The summed E-state index contributed by atoms with van der Waals surface area (Å²) < 4.78 is 51.4. The molecular formula is C14H15F4NO2. The van der Waals surface area contributed by atoms with Gasteiger partial charge >= 0.3 is 6.18 Å². The molecule has 116 valence electrons. The molecule has 0 spiro atoms. The maximum Gasteiger partial charge on any atom is 0.416 e. The summed E-state index contributed by atoms with van der Waals surface area (Å²) in [5, 5.41) is 10.0. The minimum absolute atomic E-state index is 0.0147. The van der Waals surface area contributed by atoms with Crippen molar-refractivity contribution in [1.29, 1.82) is 0 Å². The molecule has 0 radical (unpaired) electrons. The van der Waals surface area contributed by atoms with E-state index < -0.39 is 34.6 Å². The summed E-state index contributed by atoms with van der Waals surface area (Å²) in [6, 6.07) is 1.72. The van der Waals surface area contributed by atoms with Gasteiger partial charge in [0.25, 0.3) is 5.91 Å². The van der Waals surface area contributed by atoms with Crippen LogP contribution in [0, 0.1) is 11.7 Å². The van der Waals surface area contributed by atoms with Crippen molar-refractivity contribution in [2.24, 2.45) is 5.92 Å². The molecule has 1 N–H and O–H groups in total. The van der Waals surface area contributed by atoms with E-state index in [4.69, 9.17) is 0 Å². The van der Waals surface area contributed by atoms with Gasteiger partial charge in [0.15, 0.2) is 0 Å². The maximum atomic E-state index is 13.6. The van der Waals surface area contributed by atoms with Crippen molar-refractivity contribution in [3.8, 4) is 0 Å². The second-order valence-corrected chi connectivity index (χ2v) is 5.61. The monoisotopic (exact) mass is 305 g/mol. The van der Waals surface area contributed by atoms with Gasteiger partial charge in [-0.2, -0.15) is 13.2 Å². The van der Waals surface area contributed by atoms with Crippen LogP contribution in [0.5, 0.6) is 0 Å². The van der Waals surface area contributed by atoms with E-state index in [1.165, 1.54) is 0 Å². The van der Waals surface area contributed by atoms with Gasteiger partial charge in [-0.3, -0.25) is 4.79 Å². The Morgan fingerprint density at radius 3 is 2.38 bits per heavy atom. The molecule has 0 aliphatic carbocycles. The molecule has 0 aromatic heterocycles. The Balaban J connectivity index is 2.22. The van der Waals surface area contributed by atoms with E-state index in [-0.39, 0.29) is 19.0 Å². The Kier molecular flexibility index (Phi) is 3.73. The average Bonchev–Trinajstić information content (AvgIpc) is 2.33. The molecule has 1 heterocycles. The Bertz CT molecular complexity index is 563. The van der Waals surface area contributed by atoms with Gasteiger partial charge < -0.3 is 10.0 Å². The summed E-state index contributed by atoms with van der Waals surface area (Å²) in [5.41, 5.74) is -2.77. The van der Waals surface area contributed by atoms with Crippen molar-refractivity contribution in [3.63, 3.8) is 0 Å². The highest BCUT2D eigenvalue weighted by Crippen LogP contribution is 2.33. The Labute approximate surface area is 119 Å². The lowest BCUT2D eigenvalue weighted by atomic mass is 9.82. The van der Waals surface area contributed by atoms with E-state index in [9.17, 15) is 27.5 Å². The predicted molar refractivity (Wildman–Crippen MR) is 67.1 cm³/mol. The van der Waals surface area contributed by atoms with Crippen molar-refractivity contribution in [1.82, 2.24) is 4.90 Å². The van der Waals surface area contributed by atoms with Crippen LogP contribution in [-0.4, -0.2) is 34.6 Å². The highest BCUT2D eigenvalue weighted by Gasteiger charge is 2.46. The Hall–Kier alpha value is -1.63. The smallest absolute Gasteiger partial charge is 0.386 e. The fourth-order valence-corrected chi connectivity index (χ4v) is 2.16. The van der Waals surface area contributed by atoms with Crippen molar-refractivity contribution < 1.29 is 27.5 Å². The number of hydrogen-bond acceptors (Lipinski definition) is 2. The van der Waals surface area contributed by atoms with Crippen molar-refractivity contribution >= 4 is 5.91 Å². The van der Waals surface area contributed by atoms with Crippen LogP contribution < -0.4 is 0 Å². The van der Waals surface area contributed by atoms with Gasteiger partial charge in [-0.15, -0.1) is 0 Å². The highest BCUT2D eigenvalue weighted by molar-refractivity contribution is 5.95. The lowest BCUT2D eigenvalue weighted by molar-refractivity contribution is -0.137. The fraction of sp³-hybridized carbons (Fsp3) is 0.500. The summed E-state index contributed by atoms with van der Waals surface area (Å²) >= 11 is 0. The quantitative estimate of drug-likeness (QED) is 0.854. The molecule has 1 aliphatic heterocycles. The number of aliphatic hydroxyl groups is 1. The number of carbonyl (C=O) groups excluding carboxylic acids is 1. The van der Waals surface area contributed by atoms with Crippen molar-refractivity contribution in [2.75, 3.05) is 13.1 Å². The van der Waals surface area contributed by atoms with Crippen LogP contribution in [0.1, 0.15) is 29.8 Å². The second-order valence-electron chi connectivity index (χ2n) is 5.61. The first kappa shape index (κ1) is 15.8. The van der Waals surface area contributed by atoms with Crippen molar-refractivity contribution in [2.45, 2.75) is 25.6 Å². The fourth-order valence-electron chi connectivity index (χ4n) is 2.16. The number of β-amino-alcohol motifs (C(OH)–C–C–N with tert-alkyl or cyclic N) is 1. The molecule has 1 aromatic carbocycles. The van der Waals surface area contributed by atoms with Crippen LogP contribution >= 0.6 is 0 Å². The zero-order chi connectivity index (χ0) is 16.0. The van der Waals surface area contributed by atoms with Crippen LogP contribution in [0.2, 0.25) is 0 Å². The SMILES string of the molecule is CC(C)C1(O)CN(C(=O)c2cc(C(F)(F)F)ccc2F)C1. The maximum absolute atomic E-state index is 13.6. The Morgan fingerprint density at radius 2 is 1.90 bits per heavy atom. The topological polar surface area (TPSA) is 40.5 Å².